The average Bonchev–Trinajstić information content (AvgIpc) is 3.21. The predicted molar refractivity (Wildman–Crippen MR) is 119 cm³/mol. The number of benzene rings is 2. The van der Waals surface area contributed by atoms with Crippen LogP contribution in [-0.2, 0) is 9.59 Å². The molecule has 2 amide bonds. The van der Waals surface area contributed by atoms with E-state index in [1.807, 2.05) is 0 Å². The second-order valence-electron chi connectivity index (χ2n) is 6.50. The molecule has 0 atom stereocenters. The molecule has 1 fully saturated rings. The van der Waals surface area contributed by atoms with Gasteiger partial charge in [0.15, 0.2) is 5.11 Å². The van der Waals surface area contributed by atoms with Crippen molar-refractivity contribution in [3.63, 3.8) is 0 Å². The Morgan fingerprint density at radius 2 is 1.84 bits per heavy atom. The van der Waals surface area contributed by atoms with Crippen molar-refractivity contribution in [1.29, 1.82) is 0 Å². The van der Waals surface area contributed by atoms with Crippen LogP contribution in [0.25, 0.3) is 17.4 Å². The number of carboxylic acid groups (broad SMARTS) is 1. The molecule has 1 N–H and O–H groups in total. The number of furan rings is 1. The number of hydrogen-bond acceptors (Lipinski definition) is 6. The molecule has 31 heavy (non-hydrogen) atoms. The lowest BCUT2D eigenvalue weighted by Crippen LogP contribution is -2.54. The fourth-order valence-corrected chi connectivity index (χ4v) is 3.55. The van der Waals surface area contributed by atoms with E-state index in [4.69, 9.17) is 16.6 Å². The lowest BCUT2D eigenvalue weighted by atomic mass is 10.1. The largest absolute Gasteiger partial charge is 0.545 e. The summed E-state index contributed by atoms with van der Waals surface area (Å²) in [5.41, 5.74) is 0.877. The van der Waals surface area contributed by atoms with Crippen LogP contribution in [0.1, 0.15) is 16.1 Å². The molecule has 1 saturated heterocycles. The van der Waals surface area contributed by atoms with Crippen molar-refractivity contribution in [2.24, 2.45) is 0 Å². The van der Waals surface area contributed by atoms with Gasteiger partial charge in [-0.1, -0.05) is 34.1 Å². The van der Waals surface area contributed by atoms with Gasteiger partial charge >= 0.3 is 0 Å². The number of carbonyl (C=O) groups is 3. The van der Waals surface area contributed by atoms with Crippen molar-refractivity contribution in [2.75, 3.05) is 4.90 Å². The maximum absolute atomic E-state index is 13.0. The van der Waals surface area contributed by atoms with E-state index < -0.39 is 17.8 Å². The molecule has 0 saturated carbocycles. The van der Waals surface area contributed by atoms with E-state index in [0.717, 1.165) is 4.47 Å². The second kappa shape index (κ2) is 8.29. The summed E-state index contributed by atoms with van der Waals surface area (Å²) >= 11 is 8.51. The van der Waals surface area contributed by atoms with Gasteiger partial charge in [-0.2, -0.15) is 0 Å². The topological polar surface area (TPSA) is 103 Å². The number of hydrogen-bond donors (Lipinski definition) is 1. The Labute approximate surface area is 190 Å². The molecule has 9 heteroatoms. The molecule has 1 aliphatic heterocycles. The number of anilines is 1. The van der Waals surface area contributed by atoms with Gasteiger partial charge in [-0.25, -0.2) is 0 Å². The normalized spacial score (nSPS) is 15.3. The molecular weight excluding hydrogens is 484 g/mol. The summed E-state index contributed by atoms with van der Waals surface area (Å²) in [6.45, 7) is 0. The number of thiocarbonyl (C=S) groups is 1. The van der Waals surface area contributed by atoms with Gasteiger partial charge in [-0.15, -0.1) is 0 Å². The van der Waals surface area contributed by atoms with Gasteiger partial charge in [0.05, 0.1) is 11.7 Å². The summed E-state index contributed by atoms with van der Waals surface area (Å²) in [7, 11) is 0. The molecule has 0 radical (unpaired) electrons. The van der Waals surface area contributed by atoms with Crippen molar-refractivity contribution >= 4 is 62.8 Å². The SMILES string of the molecule is O=C1NC(=S)N(c2ccc(Br)cc2)C(=O)/C1=C\c1ccc(-c2cccc(C(=O)[O-])c2)o1. The molecule has 154 valence electrons. The Bertz CT molecular complexity index is 1260. The predicted octanol–water partition coefficient (Wildman–Crippen LogP) is 2.90. The molecule has 4 rings (SSSR count). The molecule has 7 nitrogen and oxygen atoms in total. The molecule has 2 aromatic carbocycles. The molecular formula is C22H12BrN2O5S-. The monoisotopic (exact) mass is 495 g/mol. The summed E-state index contributed by atoms with van der Waals surface area (Å²) in [6.07, 6.45) is 1.32. The highest BCUT2D eigenvalue weighted by molar-refractivity contribution is 9.10. The zero-order valence-corrected chi connectivity index (χ0v) is 18.0. The highest BCUT2D eigenvalue weighted by atomic mass is 79.9. The number of carboxylic acids is 1. The first-order valence-electron chi connectivity index (χ1n) is 8.92. The molecule has 0 unspecified atom stereocenters. The van der Waals surface area contributed by atoms with Crippen LogP contribution < -0.4 is 15.3 Å². The lowest BCUT2D eigenvalue weighted by molar-refractivity contribution is -0.255. The zero-order chi connectivity index (χ0) is 22.1. The van der Waals surface area contributed by atoms with E-state index >= 15 is 0 Å². The number of aromatic carboxylic acids is 1. The Morgan fingerprint density at radius 1 is 1.10 bits per heavy atom. The maximum atomic E-state index is 13.0. The van der Waals surface area contributed by atoms with Crippen LogP contribution >= 0.6 is 28.1 Å². The zero-order valence-electron chi connectivity index (χ0n) is 15.6. The minimum atomic E-state index is -1.30. The number of nitrogens with zero attached hydrogens (tertiary/aromatic N) is 1. The highest BCUT2D eigenvalue weighted by Crippen LogP contribution is 2.27. The molecule has 3 aromatic rings. The van der Waals surface area contributed by atoms with Gasteiger partial charge in [-0.05, 0) is 66.3 Å². The van der Waals surface area contributed by atoms with Crippen molar-refractivity contribution in [3.8, 4) is 11.3 Å². The first-order chi connectivity index (χ1) is 14.8. The Kier molecular flexibility index (Phi) is 5.53. The highest BCUT2D eigenvalue weighted by Gasteiger charge is 2.34. The van der Waals surface area contributed by atoms with Crippen LogP contribution in [0.15, 0.2) is 75.1 Å². The van der Waals surface area contributed by atoms with Gasteiger partial charge in [-0.3, -0.25) is 19.8 Å². The standard InChI is InChI=1S/C22H13BrN2O5S/c23-14-4-6-15(7-5-14)25-20(27)17(19(26)24-22(25)31)11-16-8-9-18(30-16)12-2-1-3-13(10-12)21(28)29/h1-11H,(H,28,29)(H,24,26,31)/p-1/b17-11-. The Balaban J connectivity index is 1.66. The second-order valence-corrected chi connectivity index (χ2v) is 7.81. The molecule has 1 aromatic heterocycles. The number of amides is 2. The fourth-order valence-electron chi connectivity index (χ4n) is 3.01. The van der Waals surface area contributed by atoms with E-state index in [9.17, 15) is 19.5 Å². The van der Waals surface area contributed by atoms with E-state index in [1.54, 1.807) is 48.5 Å². The molecule has 0 aliphatic carbocycles. The molecule has 1 aliphatic rings. The number of nitrogens with one attached hydrogen (secondary N) is 1. The van der Waals surface area contributed by atoms with E-state index in [0.29, 0.717) is 17.0 Å². The van der Waals surface area contributed by atoms with Crippen LogP contribution in [0.3, 0.4) is 0 Å². The summed E-state index contributed by atoms with van der Waals surface area (Å²) in [4.78, 5) is 37.7. The van der Waals surface area contributed by atoms with E-state index in [1.165, 1.54) is 23.1 Å². The fraction of sp³-hybridized carbons (Fsp3) is 0. The molecule has 2 heterocycles. The van der Waals surface area contributed by atoms with Crippen LogP contribution in [-0.4, -0.2) is 22.9 Å². The summed E-state index contributed by atoms with van der Waals surface area (Å²) in [6, 6.07) is 16.2. The van der Waals surface area contributed by atoms with Crippen molar-refractivity contribution in [3.05, 3.63) is 82.0 Å². The lowest BCUT2D eigenvalue weighted by Gasteiger charge is -2.28. The van der Waals surface area contributed by atoms with Crippen molar-refractivity contribution < 1.29 is 23.9 Å². The smallest absolute Gasteiger partial charge is 0.270 e. The van der Waals surface area contributed by atoms with Crippen molar-refractivity contribution in [1.82, 2.24) is 5.32 Å². The van der Waals surface area contributed by atoms with E-state index in [-0.39, 0.29) is 22.0 Å². The van der Waals surface area contributed by atoms with Crippen LogP contribution in [0.4, 0.5) is 5.69 Å². The van der Waals surface area contributed by atoms with Crippen LogP contribution in [0.2, 0.25) is 0 Å². The van der Waals surface area contributed by atoms with Gasteiger partial charge < -0.3 is 14.3 Å². The number of halogens is 1. The minimum absolute atomic E-state index is 0.00860. The quantitative estimate of drug-likeness (QED) is 0.339. The van der Waals surface area contributed by atoms with Gasteiger partial charge in [0.25, 0.3) is 11.8 Å². The number of carbonyl (C=O) groups excluding carboxylic acids is 3. The number of rotatable bonds is 4. The first-order valence-corrected chi connectivity index (χ1v) is 10.1. The third-order valence-corrected chi connectivity index (χ3v) is 5.30. The summed E-state index contributed by atoms with van der Waals surface area (Å²) in [5.74, 6) is -1.91. The van der Waals surface area contributed by atoms with Crippen LogP contribution in [0.5, 0.6) is 0 Å². The summed E-state index contributed by atoms with van der Waals surface area (Å²) in [5, 5.41) is 13.6. The van der Waals surface area contributed by atoms with Gasteiger partial charge in [0, 0.05) is 10.0 Å². The van der Waals surface area contributed by atoms with E-state index in [2.05, 4.69) is 21.2 Å². The third-order valence-electron chi connectivity index (χ3n) is 4.48. The van der Waals surface area contributed by atoms with Crippen LogP contribution in [0, 0.1) is 0 Å². The van der Waals surface area contributed by atoms with Gasteiger partial charge in [0.1, 0.15) is 17.1 Å². The minimum Gasteiger partial charge on any atom is -0.545 e. The third kappa shape index (κ3) is 4.18. The van der Waals surface area contributed by atoms with Gasteiger partial charge in [0.2, 0.25) is 0 Å². The average molecular weight is 496 g/mol. The molecule has 0 bridgehead atoms. The first kappa shape index (κ1) is 20.7. The summed E-state index contributed by atoms with van der Waals surface area (Å²) < 4.78 is 6.54. The van der Waals surface area contributed by atoms with Crippen molar-refractivity contribution in [2.45, 2.75) is 0 Å². The Morgan fingerprint density at radius 3 is 2.55 bits per heavy atom. The molecule has 0 spiro atoms. The maximum Gasteiger partial charge on any atom is 0.270 e. The Hall–Kier alpha value is -3.56.